The first-order chi connectivity index (χ1) is 13.9. The van der Waals surface area contributed by atoms with Gasteiger partial charge in [0, 0.05) is 18.1 Å². The highest BCUT2D eigenvalue weighted by molar-refractivity contribution is 5.81. The molecule has 29 heavy (non-hydrogen) atoms. The topological polar surface area (TPSA) is 41.2 Å². The summed E-state index contributed by atoms with van der Waals surface area (Å²) in [6.45, 7) is 5.43. The molecule has 0 spiro atoms. The van der Waals surface area contributed by atoms with Gasteiger partial charge in [0.25, 0.3) is 0 Å². The van der Waals surface area contributed by atoms with Gasteiger partial charge in [-0.15, -0.1) is 0 Å². The van der Waals surface area contributed by atoms with Crippen LogP contribution in [0.2, 0.25) is 0 Å². The van der Waals surface area contributed by atoms with Crippen LogP contribution >= 0.6 is 0 Å². The van der Waals surface area contributed by atoms with Crippen LogP contribution < -0.4 is 4.57 Å². The van der Waals surface area contributed by atoms with Crippen LogP contribution in [0.25, 0.3) is 0 Å². The van der Waals surface area contributed by atoms with Gasteiger partial charge in [-0.3, -0.25) is 4.79 Å². The van der Waals surface area contributed by atoms with E-state index in [1.54, 1.807) is 0 Å². The SMILES string of the molecule is C[C@]12CC[C@@H]3[C@H](CC=C4C[C@H](O)CC[C@@]43C)[C@@H]1CC[C@@H]2C(=O)C[n+]1ccccc1. The Morgan fingerprint density at radius 2 is 1.86 bits per heavy atom. The van der Waals surface area contributed by atoms with Gasteiger partial charge in [-0.25, -0.2) is 0 Å². The first-order valence-corrected chi connectivity index (χ1v) is 11.8. The molecule has 0 aliphatic heterocycles. The number of Topliss-reactive ketones (excluding diaryl/α,β-unsaturated/α-hetero) is 1. The standard InChI is InChI=1S/C26H36NO2/c1-25-12-10-19(28)16-18(25)6-7-20-21-8-9-23(26(21,2)13-11-22(20)25)24(29)17-27-14-4-3-5-15-27/h3-6,14-15,19-23,28H,7-13,16-17H2,1-2H3/q+1/t19-,20-,21+,22-,23-,25+,26+/m1/s1. The molecule has 0 unspecified atom stereocenters. The quantitative estimate of drug-likeness (QED) is 0.606. The van der Waals surface area contributed by atoms with Crippen LogP contribution in [0, 0.1) is 34.5 Å². The van der Waals surface area contributed by atoms with Crippen molar-refractivity contribution in [2.75, 3.05) is 0 Å². The molecule has 4 aliphatic rings. The van der Waals surface area contributed by atoms with E-state index in [1.807, 2.05) is 35.2 Å². The summed E-state index contributed by atoms with van der Waals surface area (Å²) in [6, 6.07) is 6.02. The van der Waals surface area contributed by atoms with Crippen LogP contribution in [0.5, 0.6) is 0 Å². The van der Waals surface area contributed by atoms with E-state index < -0.39 is 0 Å². The number of nitrogens with zero attached hydrogens (tertiary/aromatic N) is 1. The maximum atomic E-state index is 13.3. The summed E-state index contributed by atoms with van der Waals surface area (Å²) in [5.74, 6) is 2.79. The molecule has 156 valence electrons. The fourth-order valence-electron chi connectivity index (χ4n) is 8.00. The van der Waals surface area contributed by atoms with E-state index in [0.29, 0.717) is 18.2 Å². The third-order valence-electron chi connectivity index (χ3n) is 9.58. The van der Waals surface area contributed by atoms with Gasteiger partial charge >= 0.3 is 0 Å². The van der Waals surface area contributed by atoms with Gasteiger partial charge in [0.05, 0.1) is 6.10 Å². The van der Waals surface area contributed by atoms with Gasteiger partial charge in [-0.1, -0.05) is 31.6 Å². The number of carbonyl (C=O) groups excluding carboxylic acids is 1. The molecule has 3 saturated carbocycles. The molecule has 1 N–H and O–H groups in total. The van der Waals surface area contributed by atoms with Crippen molar-refractivity contribution in [3.8, 4) is 0 Å². The molecule has 5 rings (SSSR count). The molecule has 7 atom stereocenters. The Kier molecular flexibility index (Phi) is 4.73. The number of hydrogen-bond donors (Lipinski definition) is 1. The maximum absolute atomic E-state index is 13.3. The molecule has 4 aliphatic carbocycles. The van der Waals surface area contributed by atoms with E-state index in [1.165, 1.54) is 24.8 Å². The molecule has 0 bridgehead atoms. The van der Waals surface area contributed by atoms with Crippen molar-refractivity contribution in [3.63, 3.8) is 0 Å². The third kappa shape index (κ3) is 3.03. The van der Waals surface area contributed by atoms with Gasteiger partial charge in [0.15, 0.2) is 12.4 Å². The summed E-state index contributed by atoms with van der Waals surface area (Å²) in [6.07, 6.45) is 15.3. The monoisotopic (exact) mass is 394 g/mol. The van der Waals surface area contributed by atoms with Crippen LogP contribution in [0.1, 0.15) is 65.2 Å². The number of aliphatic hydroxyl groups is 1. The summed E-state index contributed by atoms with van der Waals surface area (Å²) < 4.78 is 2.04. The smallest absolute Gasteiger partial charge is 0.206 e. The van der Waals surface area contributed by atoms with Crippen molar-refractivity contribution in [1.29, 1.82) is 0 Å². The maximum Gasteiger partial charge on any atom is 0.206 e. The van der Waals surface area contributed by atoms with E-state index in [9.17, 15) is 9.90 Å². The van der Waals surface area contributed by atoms with Crippen LogP contribution in [-0.2, 0) is 11.3 Å². The first-order valence-electron chi connectivity index (χ1n) is 11.8. The Balaban J connectivity index is 1.38. The molecule has 3 fully saturated rings. The average Bonchev–Trinajstić information content (AvgIpc) is 3.06. The van der Waals surface area contributed by atoms with Crippen molar-refractivity contribution >= 4 is 5.78 Å². The predicted octanol–water partition coefficient (Wildman–Crippen LogP) is 4.48. The highest BCUT2D eigenvalue weighted by Gasteiger charge is 2.59. The predicted molar refractivity (Wildman–Crippen MR) is 113 cm³/mol. The summed E-state index contributed by atoms with van der Waals surface area (Å²) in [5.41, 5.74) is 1.99. The summed E-state index contributed by atoms with van der Waals surface area (Å²) in [5, 5.41) is 10.2. The van der Waals surface area contributed by atoms with E-state index in [2.05, 4.69) is 19.9 Å². The van der Waals surface area contributed by atoms with Crippen LogP contribution in [-0.4, -0.2) is 17.0 Å². The Labute approximate surface area is 175 Å². The normalized spacial score (nSPS) is 43.7. The Morgan fingerprint density at radius 3 is 2.66 bits per heavy atom. The zero-order valence-electron chi connectivity index (χ0n) is 18.0. The number of carbonyl (C=O) groups is 1. The fraction of sp³-hybridized carbons (Fsp3) is 0.692. The molecule has 3 heteroatoms. The first kappa shape index (κ1) is 19.5. The number of rotatable bonds is 3. The third-order valence-corrected chi connectivity index (χ3v) is 9.58. The Morgan fingerprint density at radius 1 is 1.07 bits per heavy atom. The minimum atomic E-state index is -0.135. The second-order valence-corrected chi connectivity index (χ2v) is 10.8. The molecule has 3 nitrogen and oxygen atoms in total. The van der Waals surface area contributed by atoms with Crippen molar-refractivity contribution in [3.05, 3.63) is 42.2 Å². The molecule has 0 aromatic carbocycles. The van der Waals surface area contributed by atoms with Crippen molar-refractivity contribution < 1.29 is 14.5 Å². The molecule has 1 heterocycles. The van der Waals surface area contributed by atoms with E-state index in [4.69, 9.17) is 0 Å². The lowest BCUT2D eigenvalue weighted by atomic mass is 9.47. The zero-order valence-corrected chi connectivity index (χ0v) is 18.0. The molecule has 0 amide bonds. The lowest BCUT2D eigenvalue weighted by Gasteiger charge is -2.57. The number of fused-ring (bicyclic) bond motifs is 5. The number of aliphatic hydroxyl groups excluding tert-OH is 1. The van der Waals surface area contributed by atoms with E-state index >= 15 is 0 Å². The largest absolute Gasteiger partial charge is 0.393 e. The molecule has 1 aromatic rings. The van der Waals surface area contributed by atoms with E-state index in [0.717, 1.165) is 43.9 Å². The average molecular weight is 395 g/mol. The minimum absolute atomic E-state index is 0.135. The zero-order chi connectivity index (χ0) is 20.2. The van der Waals surface area contributed by atoms with Gasteiger partial charge in [0.1, 0.15) is 0 Å². The summed E-state index contributed by atoms with van der Waals surface area (Å²) >= 11 is 0. The minimum Gasteiger partial charge on any atom is -0.393 e. The van der Waals surface area contributed by atoms with Gasteiger partial charge in [-0.2, -0.15) is 4.57 Å². The fourth-order valence-corrected chi connectivity index (χ4v) is 8.00. The van der Waals surface area contributed by atoms with Crippen LogP contribution in [0.3, 0.4) is 0 Å². The van der Waals surface area contributed by atoms with Crippen LogP contribution in [0.15, 0.2) is 42.2 Å². The number of hydrogen-bond acceptors (Lipinski definition) is 2. The number of allylic oxidation sites excluding steroid dienone is 1. The second kappa shape index (κ2) is 7.04. The van der Waals surface area contributed by atoms with Crippen LogP contribution in [0.4, 0.5) is 0 Å². The number of ketones is 1. The Hall–Kier alpha value is -1.48. The van der Waals surface area contributed by atoms with Gasteiger partial charge < -0.3 is 5.11 Å². The lowest BCUT2D eigenvalue weighted by Crippen LogP contribution is -2.51. The van der Waals surface area contributed by atoms with Gasteiger partial charge in [-0.05, 0) is 80.0 Å². The lowest BCUT2D eigenvalue weighted by molar-refractivity contribution is -0.684. The molecule has 1 aromatic heterocycles. The van der Waals surface area contributed by atoms with Crippen molar-refractivity contribution in [2.45, 2.75) is 77.9 Å². The van der Waals surface area contributed by atoms with Crippen molar-refractivity contribution in [2.24, 2.45) is 34.5 Å². The van der Waals surface area contributed by atoms with E-state index in [-0.39, 0.29) is 22.9 Å². The number of pyridine rings is 1. The molecular weight excluding hydrogens is 358 g/mol. The summed E-state index contributed by atoms with van der Waals surface area (Å²) in [4.78, 5) is 13.3. The molecule has 0 radical (unpaired) electrons. The highest BCUT2D eigenvalue weighted by Crippen LogP contribution is 2.66. The summed E-state index contributed by atoms with van der Waals surface area (Å²) in [7, 11) is 0. The molecular formula is C26H36NO2+. The Bertz CT molecular complexity index is 817. The van der Waals surface area contributed by atoms with Gasteiger partial charge in [0.2, 0.25) is 12.3 Å². The molecule has 0 saturated heterocycles. The van der Waals surface area contributed by atoms with Crippen molar-refractivity contribution in [1.82, 2.24) is 0 Å². The second-order valence-electron chi connectivity index (χ2n) is 10.8. The number of aromatic nitrogens is 1. The highest BCUT2D eigenvalue weighted by atomic mass is 16.3.